The Labute approximate surface area is 186 Å². The van der Waals surface area contributed by atoms with E-state index in [9.17, 15) is 0 Å². The van der Waals surface area contributed by atoms with Crippen molar-refractivity contribution >= 4 is 0 Å². The van der Waals surface area contributed by atoms with Crippen LogP contribution in [0.3, 0.4) is 0 Å². The van der Waals surface area contributed by atoms with Crippen LogP contribution >= 0.6 is 0 Å². The van der Waals surface area contributed by atoms with Crippen LogP contribution in [0.15, 0.2) is 60.7 Å². The van der Waals surface area contributed by atoms with Crippen LogP contribution in [0.4, 0.5) is 0 Å². The largest absolute Gasteiger partial charge is 0.282 e. The molecule has 0 saturated heterocycles. The molecule has 0 aliphatic carbocycles. The number of benzene rings is 2. The van der Waals surface area contributed by atoms with Crippen LogP contribution in [-0.2, 0) is 0 Å². The Balaban J connectivity index is 2.73. The van der Waals surface area contributed by atoms with Gasteiger partial charge in [-0.1, -0.05) is 102 Å². The van der Waals surface area contributed by atoms with Gasteiger partial charge in [-0.25, -0.2) is 0 Å². The van der Waals surface area contributed by atoms with Crippen LogP contribution < -0.4 is 0 Å². The van der Waals surface area contributed by atoms with Crippen molar-refractivity contribution in [1.82, 2.24) is 4.90 Å². The van der Waals surface area contributed by atoms with E-state index < -0.39 is 0 Å². The highest BCUT2D eigenvalue weighted by Gasteiger charge is 2.45. The molecule has 0 radical (unpaired) electrons. The fourth-order valence-electron chi connectivity index (χ4n) is 6.05. The van der Waals surface area contributed by atoms with Crippen LogP contribution in [-0.4, -0.2) is 16.0 Å². The molecule has 1 heteroatoms. The summed E-state index contributed by atoms with van der Waals surface area (Å²) in [7, 11) is 0. The minimum Gasteiger partial charge on any atom is -0.282 e. The molecule has 0 bridgehead atoms. The van der Waals surface area contributed by atoms with Crippen LogP contribution in [0.25, 0.3) is 0 Å². The second-order valence-electron chi connectivity index (χ2n) is 12.7. The summed E-state index contributed by atoms with van der Waals surface area (Å²) in [5.74, 6) is 0. The van der Waals surface area contributed by atoms with E-state index in [4.69, 9.17) is 0 Å². The lowest BCUT2D eigenvalue weighted by atomic mass is 9.73. The first-order valence-electron chi connectivity index (χ1n) is 11.5. The van der Waals surface area contributed by atoms with Crippen molar-refractivity contribution in [3.63, 3.8) is 0 Å². The molecule has 0 aliphatic heterocycles. The smallest absolute Gasteiger partial charge is 0.0611 e. The molecular weight excluding hydrogens is 362 g/mol. The van der Waals surface area contributed by atoms with E-state index in [1.54, 1.807) is 0 Å². The van der Waals surface area contributed by atoms with Gasteiger partial charge in [0.05, 0.1) is 6.04 Å². The van der Waals surface area contributed by atoms with E-state index in [1.165, 1.54) is 11.1 Å². The van der Waals surface area contributed by atoms with Crippen molar-refractivity contribution in [2.75, 3.05) is 0 Å². The topological polar surface area (TPSA) is 3.24 Å². The fourth-order valence-corrected chi connectivity index (χ4v) is 6.05. The van der Waals surface area contributed by atoms with Crippen LogP contribution in [0.5, 0.6) is 0 Å². The first kappa shape index (κ1) is 24.7. The molecule has 0 spiro atoms. The summed E-state index contributed by atoms with van der Waals surface area (Å²) in [5, 5.41) is 0. The van der Waals surface area contributed by atoms with Gasteiger partial charge in [-0.15, -0.1) is 0 Å². The molecule has 0 aromatic heterocycles. The van der Waals surface area contributed by atoms with E-state index in [0.29, 0.717) is 0 Å². The van der Waals surface area contributed by atoms with Gasteiger partial charge in [-0.3, -0.25) is 4.90 Å². The predicted octanol–water partition coefficient (Wildman–Crippen LogP) is 8.51. The molecule has 2 rings (SSSR count). The Kier molecular flexibility index (Phi) is 7.29. The number of nitrogens with zero attached hydrogens (tertiary/aromatic N) is 1. The molecule has 0 aliphatic rings. The molecule has 0 atom stereocenters. The minimum absolute atomic E-state index is 0.0172. The van der Waals surface area contributed by atoms with E-state index >= 15 is 0 Å². The zero-order valence-corrected chi connectivity index (χ0v) is 21.2. The summed E-state index contributed by atoms with van der Waals surface area (Å²) >= 11 is 0. The van der Waals surface area contributed by atoms with E-state index in [-0.39, 0.29) is 27.9 Å². The lowest BCUT2D eigenvalue weighted by Gasteiger charge is -2.56. The average Bonchev–Trinajstić information content (AvgIpc) is 2.56. The van der Waals surface area contributed by atoms with Gasteiger partial charge in [-0.05, 0) is 62.5 Å². The highest BCUT2D eigenvalue weighted by molar-refractivity contribution is 5.33. The van der Waals surface area contributed by atoms with Gasteiger partial charge in [0.2, 0.25) is 0 Å². The second kappa shape index (κ2) is 8.87. The Morgan fingerprint density at radius 1 is 0.533 bits per heavy atom. The van der Waals surface area contributed by atoms with E-state index in [2.05, 4.69) is 135 Å². The minimum atomic E-state index is 0.0172. The number of hydrogen-bond donors (Lipinski definition) is 0. The van der Waals surface area contributed by atoms with E-state index in [0.717, 1.165) is 12.8 Å². The average molecular weight is 408 g/mol. The van der Waals surface area contributed by atoms with Gasteiger partial charge >= 0.3 is 0 Å². The molecule has 2 aromatic rings. The SMILES string of the molecule is CC(C)(C)CC(C)(C)N(C(c1ccccc1)c1ccccc1)C(C)(C)CC(C)(C)C. The van der Waals surface area contributed by atoms with Gasteiger partial charge in [0, 0.05) is 11.1 Å². The molecule has 0 saturated carbocycles. The fraction of sp³-hybridized carbons (Fsp3) is 0.586. The maximum absolute atomic E-state index is 2.82. The zero-order valence-electron chi connectivity index (χ0n) is 21.2. The predicted molar refractivity (Wildman–Crippen MR) is 133 cm³/mol. The summed E-state index contributed by atoms with van der Waals surface area (Å²) in [5.41, 5.74) is 3.27. The van der Waals surface area contributed by atoms with Gasteiger partial charge in [0.1, 0.15) is 0 Å². The summed E-state index contributed by atoms with van der Waals surface area (Å²) in [6, 6.07) is 22.4. The number of hydrogen-bond acceptors (Lipinski definition) is 1. The Morgan fingerprint density at radius 2 is 0.833 bits per heavy atom. The van der Waals surface area contributed by atoms with Crippen LogP contribution in [0.2, 0.25) is 0 Å². The Hall–Kier alpha value is -1.60. The molecular formula is C29H45N. The van der Waals surface area contributed by atoms with Crippen LogP contribution in [0, 0.1) is 10.8 Å². The van der Waals surface area contributed by atoms with Gasteiger partial charge in [-0.2, -0.15) is 0 Å². The Bertz CT molecular complexity index is 705. The zero-order chi connectivity index (χ0) is 22.8. The van der Waals surface area contributed by atoms with Crippen LogP contribution in [0.1, 0.15) is 99.2 Å². The molecule has 166 valence electrons. The third kappa shape index (κ3) is 6.71. The maximum Gasteiger partial charge on any atom is 0.0611 e. The standard InChI is InChI=1S/C29H45N/c1-26(2,3)21-28(7,8)30(29(9,10)22-27(4,5)6)25(23-17-13-11-14-18-23)24-19-15-12-16-20-24/h11-20,25H,21-22H2,1-10H3. The molecule has 0 N–H and O–H groups in total. The van der Waals surface area contributed by atoms with Crippen molar-refractivity contribution in [3.8, 4) is 0 Å². The van der Waals surface area contributed by atoms with E-state index in [1.807, 2.05) is 0 Å². The highest BCUT2D eigenvalue weighted by Crippen LogP contribution is 2.46. The third-order valence-corrected chi connectivity index (χ3v) is 5.72. The summed E-state index contributed by atoms with van der Waals surface area (Å²) < 4.78 is 0. The molecule has 1 nitrogen and oxygen atoms in total. The monoisotopic (exact) mass is 407 g/mol. The highest BCUT2D eigenvalue weighted by atomic mass is 15.3. The van der Waals surface area contributed by atoms with Crippen molar-refractivity contribution in [2.24, 2.45) is 10.8 Å². The van der Waals surface area contributed by atoms with Gasteiger partial charge < -0.3 is 0 Å². The number of rotatable bonds is 7. The third-order valence-electron chi connectivity index (χ3n) is 5.72. The molecule has 2 aromatic carbocycles. The normalized spacial score (nSPS) is 13.9. The Morgan fingerprint density at radius 3 is 1.10 bits per heavy atom. The summed E-state index contributed by atoms with van der Waals surface area (Å²) in [6.07, 6.45) is 2.26. The molecule has 30 heavy (non-hydrogen) atoms. The van der Waals surface area contributed by atoms with Crippen molar-refractivity contribution in [3.05, 3.63) is 71.8 Å². The molecule has 0 amide bonds. The maximum atomic E-state index is 2.82. The first-order chi connectivity index (χ1) is 13.6. The van der Waals surface area contributed by atoms with Crippen molar-refractivity contribution in [2.45, 2.75) is 99.2 Å². The molecule has 0 heterocycles. The summed E-state index contributed by atoms with van der Waals surface area (Å²) in [6.45, 7) is 24.0. The first-order valence-corrected chi connectivity index (χ1v) is 11.5. The molecule has 0 fully saturated rings. The quantitative estimate of drug-likeness (QED) is 0.444. The lowest BCUT2D eigenvalue weighted by molar-refractivity contribution is -0.0489. The molecule has 0 unspecified atom stereocenters. The van der Waals surface area contributed by atoms with Gasteiger partial charge in [0.25, 0.3) is 0 Å². The van der Waals surface area contributed by atoms with Crippen molar-refractivity contribution < 1.29 is 0 Å². The lowest BCUT2D eigenvalue weighted by Crippen LogP contribution is -2.59. The van der Waals surface area contributed by atoms with Crippen molar-refractivity contribution in [1.29, 1.82) is 0 Å². The van der Waals surface area contributed by atoms with Gasteiger partial charge in [0.15, 0.2) is 0 Å². The summed E-state index contributed by atoms with van der Waals surface area (Å²) in [4.78, 5) is 2.82. The second-order valence-corrected chi connectivity index (χ2v) is 12.7.